The van der Waals surface area contributed by atoms with E-state index in [1.807, 2.05) is 0 Å². The maximum atomic E-state index is 13.4. The van der Waals surface area contributed by atoms with E-state index in [9.17, 15) is 70.2 Å². The Morgan fingerprint density at radius 1 is 0.244 bits per heavy atom. The maximum Gasteiger partial charge on any atom is 0.200 e. The molecule has 0 saturated carbocycles. The molecule has 0 nitrogen and oxygen atoms in total. The van der Waals surface area contributed by atoms with E-state index in [-0.39, 0.29) is 11.0 Å². The van der Waals surface area contributed by atoms with Crippen molar-refractivity contribution in [2.45, 2.75) is 0 Å². The molecular weight excluding hydrogens is 620 g/mol. The van der Waals surface area contributed by atoms with Crippen LogP contribution in [0.1, 0.15) is 0 Å². The predicted molar refractivity (Wildman–Crippen MR) is 109 cm³/mol. The summed E-state index contributed by atoms with van der Waals surface area (Å²) in [5, 5.41) is 0. The van der Waals surface area contributed by atoms with Crippen molar-refractivity contribution in [3.63, 3.8) is 0 Å². The zero-order valence-electron chi connectivity index (χ0n) is 18.9. The average Bonchev–Trinajstić information content (AvgIpc) is 2.93. The first kappa shape index (κ1) is 33.2. The van der Waals surface area contributed by atoms with Crippen LogP contribution in [0.2, 0.25) is 0 Å². The topological polar surface area (TPSA) is 0 Å². The van der Waals surface area contributed by atoms with Crippen LogP contribution in [-0.4, -0.2) is 11.0 Å². The van der Waals surface area contributed by atoms with Gasteiger partial charge in [-0.3, -0.25) is 0 Å². The summed E-state index contributed by atoms with van der Waals surface area (Å²) in [7, 11) is 0. The highest BCUT2D eigenvalue weighted by molar-refractivity contribution is 5.75. The molecule has 0 unspecified atom stereocenters. The molecule has 4 rings (SSSR count). The largest absolute Gasteiger partial charge is 0.204 e. The molecule has 0 fully saturated rings. The van der Waals surface area contributed by atoms with Gasteiger partial charge in [0, 0.05) is 22.1 Å². The summed E-state index contributed by atoms with van der Waals surface area (Å²) in [5.41, 5.74) is -5.90. The number of benzene rings is 4. The molecule has 0 bridgehead atoms. The van der Waals surface area contributed by atoms with E-state index in [1.54, 1.807) is 0 Å². The average molecular weight is 624 g/mol. The van der Waals surface area contributed by atoms with Crippen LogP contribution in [0.4, 0.5) is 70.2 Å². The molecule has 0 aromatic heterocycles. The number of hydrogen-bond donors (Lipinski definition) is 0. The lowest BCUT2D eigenvalue weighted by Crippen LogP contribution is -2.06. The van der Waals surface area contributed by atoms with Gasteiger partial charge in [0.25, 0.3) is 0 Å². The summed E-state index contributed by atoms with van der Waals surface area (Å²) in [4.78, 5) is 0. The first-order valence-corrected chi connectivity index (χ1v) is 9.85. The number of halogens is 16. The fraction of sp³-hybridized carbons (Fsp3) is 0. The van der Waals surface area contributed by atoms with Gasteiger partial charge in [-0.25, -0.2) is 70.2 Å². The second-order valence-corrected chi connectivity index (χ2v) is 7.34. The van der Waals surface area contributed by atoms with Crippen molar-refractivity contribution < 1.29 is 70.2 Å². The van der Waals surface area contributed by atoms with Crippen LogP contribution in [0.5, 0.6) is 0 Å². The van der Waals surface area contributed by atoms with Gasteiger partial charge < -0.3 is 0 Å². The van der Waals surface area contributed by atoms with Gasteiger partial charge in [-0.15, -0.1) is 0 Å². The van der Waals surface area contributed by atoms with E-state index < -0.39 is 115 Å². The van der Waals surface area contributed by atoms with Gasteiger partial charge in [-0.2, -0.15) is 0 Å². The molecule has 0 amide bonds. The van der Waals surface area contributed by atoms with Gasteiger partial charge in [0.1, 0.15) is 0 Å². The van der Waals surface area contributed by atoms with Gasteiger partial charge in [0.2, 0.25) is 11.6 Å². The first-order chi connectivity index (χ1) is 18.5. The Morgan fingerprint density at radius 3 is 0.707 bits per heavy atom. The Balaban J connectivity index is 0.000000280. The molecule has 0 aliphatic heterocycles. The molecule has 4 aromatic carbocycles. The minimum absolute atomic E-state index is 0. The van der Waals surface area contributed by atoms with Crippen LogP contribution in [0.15, 0.2) is 24.3 Å². The first-order valence-electron chi connectivity index (χ1n) is 9.85. The second-order valence-electron chi connectivity index (χ2n) is 7.34. The molecule has 216 valence electrons. The molecule has 4 radical (unpaired) electrons. The van der Waals surface area contributed by atoms with Crippen molar-refractivity contribution in [2.24, 2.45) is 0 Å². The summed E-state index contributed by atoms with van der Waals surface area (Å²) in [6.07, 6.45) is 0. The van der Waals surface area contributed by atoms with Gasteiger partial charge in [0.05, 0.1) is 11.1 Å². The Morgan fingerprint density at radius 2 is 0.463 bits per heavy atom. The fourth-order valence-corrected chi connectivity index (χ4v) is 3.12. The van der Waals surface area contributed by atoms with Gasteiger partial charge in [0.15, 0.2) is 81.4 Å². The summed E-state index contributed by atoms with van der Waals surface area (Å²) in [6, 6.07) is 1.33. The number of rotatable bonds is 2. The van der Waals surface area contributed by atoms with Crippen molar-refractivity contribution in [2.75, 3.05) is 0 Å². The Kier molecular flexibility index (Phi) is 9.90. The van der Waals surface area contributed by atoms with Crippen LogP contribution >= 0.6 is 0 Å². The minimum atomic E-state index is -2.44. The van der Waals surface area contributed by atoms with Gasteiger partial charge >= 0.3 is 0 Å². The smallest absolute Gasteiger partial charge is 0.200 e. The Labute approximate surface area is 221 Å². The monoisotopic (exact) mass is 624 g/mol. The summed E-state index contributed by atoms with van der Waals surface area (Å²) < 4.78 is 209. The normalized spacial score (nSPS) is 10.7. The zero-order valence-corrected chi connectivity index (χ0v) is 19.9. The van der Waals surface area contributed by atoms with Gasteiger partial charge in [-0.05, 0) is 24.3 Å². The standard InChI is InChI=1S/2C12H2F8.Si/c2*13-4-2-1-3(6(14)7(4)15)5-8(16)10(18)12(20)11(19)9(5)17;/h2*1-2H;. The molecule has 17 heteroatoms. The van der Waals surface area contributed by atoms with Crippen molar-refractivity contribution in [3.05, 3.63) is 117 Å². The molecule has 0 aliphatic rings. The molecule has 0 N–H and O–H groups in total. The lowest BCUT2D eigenvalue weighted by Gasteiger charge is -2.09. The van der Waals surface area contributed by atoms with E-state index >= 15 is 0 Å². The maximum absolute atomic E-state index is 13.4. The van der Waals surface area contributed by atoms with E-state index in [0.717, 1.165) is 0 Å². The van der Waals surface area contributed by atoms with Crippen LogP contribution in [-0.2, 0) is 0 Å². The van der Waals surface area contributed by atoms with E-state index in [1.165, 1.54) is 0 Å². The van der Waals surface area contributed by atoms with Crippen molar-refractivity contribution in [1.29, 1.82) is 0 Å². The third-order valence-electron chi connectivity index (χ3n) is 5.03. The van der Waals surface area contributed by atoms with Crippen molar-refractivity contribution in [1.82, 2.24) is 0 Å². The van der Waals surface area contributed by atoms with Crippen LogP contribution in [0.3, 0.4) is 0 Å². The molecule has 0 spiro atoms. The van der Waals surface area contributed by atoms with E-state index in [2.05, 4.69) is 0 Å². The van der Waals surface area contributed by atoms with Crippen LogP contribution in [0, 0.1) is 93.1 Å². The highest BCUT2D eigenvalue weighted by atomic mass is 28.1. The zero-order chi connectivity index (χ0) is 30.4. The number of hydrogen-bond acceptors (Lipinski definition) is 0. The highest BCUT2D eigenvalue weighted by Gasteiger charge is 2.30. The predicted octanol–water partition coefficient (Wildman–Crippen LogP) is 8.55. The summed E-state index contributed by atoms with van der Waals surface area (Å²) >= 11 is 0. The molecular formula is C24H4F16Si. The highest BCUT2D eigenvalue weighted by Crippen LogP contribution is 2.35. The molecule has 0 atom stereocenters. The fourth-order valence-electron chi connectivity index (χ4n) is 3.12. The molecule has 0 aliphatic carbocycles. The van der Waals surface area contributed by atoms with Crippen LogP contribution < -0.4 is 0 Å². The summed E-state index contributed by atoms with van der Waals surface area (Å²) in [6.45, 7) is 0. The molecule has 0 heterocycles. The van der Waals surface area contributed by atoms with Crippen LogP contribution in [0.25, 0.3) is 22.3 Å². The summed E-state index contributed by atoms with van der Waals surface area (Å²) in [5.74, 6) is -35.2. The second kappa shape index (κ2) is 12.2. The van der Waals surface area contributed by atoms with E-state index in [0.29, 0.717) is 24.3 Å². The van der Waals surface area contributed by atoms with Crippen molar-refractivity contribution in [3.8, 4) is 22.3 Å². The van der Waals surface area contributed by atoms with Gasteiger partial charge in [-0.1, -0.05) is 0 Å². The molecule has 41 heavy (non-hydrogen) atoms. The Hall–Kier alpha value is -4.02. The lowest BCUT2D eigenvalue weighted by molar-refractivity contribution is 0.380. The van der Waals surface area contributed by atoms with Crippen molar-refractivity contribution >= 4 is 11.0 Å². The third-order valence-corrected chi connectivity index (χ3v) is 5.03. The SMILES string of the molecule is Fc1ccc(-c2c(F)c(F)c(F)c(F)c2F)c(F)c1F.Fc1ccc(-c2c(F)c(F)c(F)c(F)c2F)c(F)c1F.[Si]. The third kappa shape index (κ3) is 5.62. The molecule has 0 saturated heterocycles. The quantitative estimate of drug-likeness (QED) is 0.0908. The minimum Gasteiger partial charge on any atom is -0.204 e. The Bertz CT molecular complexity index is 1490. The molecule has 4 aromatic rings. The lowest BCUT2D eigenvalue weighted by atomic mass is 10.0. The van der Waals surface area contributed by atoms with E-state index in [4.69, 9.17) is 0 Å².